The molecule has 1 heterocycles. The second-order valence-electron chi connectivity index (χ2n) is 7.08. The molecule has 1 aliphatic carbocycles. The number of guanidine groups is 1. The van der Waals surface area contributed by atoms with Crippen LogP contribution in [0.2, 0.25) is 0 Å². The molecule has 0 aliphatic heterocycles. The van der Waals surface area contributed by atoms with Gasteiger partial charge in [-0.3, -0.25) is 4.79 Å². The standard InChI is InChI=1S/C21H29N5O3/c1-4-22-21(24-12-20-25-14(2)15(3)29-20)23-11-16-6-5-7-18(10-16)28-13-19(27)26-17-8-9-17/h5-7,10,17H,4,8-9,11-13H2,1-3H3,(H,26,27)(H2,22,23,24). The van der Waals surface area contributed by atoms with Gasteiger partial charge in [-0.2, -0.15) is 0 Å². The minimum Gasteiger partial charge on any atom is -0.484 e. The summed E-state index contributed by atoms with van der Waals surface area (Å²) in [6, 6.07) is 7.96. The van der Waals surface area contributed by atoms with Crippen molar-refractivity contribution in [3.63, 3.8) is 0 Å². The van der Waals surface area contributed by atoms with Crippen LogP contribution in [0.15, 0.2) is 33.7 Å². The number of benzene rings is 1. The van der Waals surface area contributed by atoms with Gasteiger partial charge in [0.2, 0.25) is 5.89 Å². The van der Waals surface area contributed by atoms with Gasteiger partial charge < -0.3 is 25.1 Å². The zero-order valence-corrected chi connectivity index (χ0v) is 17.2. The Kier molecular flexibility index (Phi) is 7.10. The summed E-state index contributed by atoms with van der Waals surface area (Å²) in [6.45, 7) is 7.54. The Bertz CT molecular complexity index is 838. The predicted molar refractivity (Wildman–Crippen MR) is 111 cm³/mol. The van der Waals surface area contributed by atoms with E-state index in [0.717, 1.165) is 36.4 Å². The van der Waals surface area contributed by atoms with Crippen LogP contribution >= 0.6 is 0 Å². The fourth-order valence-corrected chi connectivity index (χ4v) is 2.67. The van der Waals surface area contributed by atoms with Gasteiger partial charge in [0.05, 0.1) is 18.8 Å². The molecule has 156 valence electrons. The molecule has 1 aromatic heterocycles. The highest BCUT2D eigenvalue weighted by atomic mass is 16.5. The van der Waals surface area contributed by atoms with Crippen LogP contribution < -0.4 is 20.7 Å². The third-order valence-electron chi connectivity index (χ3n) is 4.45. The molecule has 8 nitrogen and oxygen atoms in total. The van der Waals surface area contributed by atoms with E-state index in [1.807, 2.05) is 45.0 Å². The first-order chi connectivity index (χ1) is 14.0. The zero-order chi connectivity index (χ0) is 20.6. The summed E-state index contributed by atoms with van der Waals surface area (Å²) >= 11 is 0. The SMILES string of the molecule is CCNC(=NCc1cccc(OCC(=O)NC2CC2)c1)NCc1nc(C)c(C)o1. The average molecular weight is 399 g/mol. The minimum atomic E-state index is -0.0773. The Morgan fingerprint density at radius 1 is 1.31 bits per heavy atom. The maximum atomic E-state index is 11.8. The number of hydrogen-bond donors (Lipinski definition) is 3. The van der Waals surface area contributed by atoms with Gasteiger partial charge in [0.1, 0.15) is 11.5 Å². The van der Waals surface area contributed by atoms with Crippen molar-refractivity contribution >= 4 is 11.9 Å². The molecule has 1 aliphatic rings. The van der Waals surface area contributed by atoms with Crippen molar-refractivity contribution in [2.75, 3.05) is 13.2 Å². The summed E-state index contributed by atoms with van der Waals surface area (Å²) < 4.78 is 11.2. The minimum absolute atomic E-state index is 0.0302. The predicted octanol–water partition coefficient (Wildman–Crippen LogP) is 2.20. The number of nitrogens with zero attached hydrogens (tertiary/aromatic N) is 2. The Morgan fingerprint density at radius 3 is 2.83 bits per heavy atom. The molecule has 0 radical (unpaired) electrons. The first kappa shape index (κ1) is 20.7. The number of rotatable bonds is 9. The maximum Gasteiger partial charge on any atom is 0.258 e. The summed E-state index contributed by atoms with van der Waals surface area (Å²) in [4.78, 5) is 20.7. The quantitative estimate of drug-likeness (QED) is 0.441. The van der Waals surface area contributed by atoms with Crippen molar-refractivity contribution in [1.82, 2.24) is 20.9 Å². The molecule has 1 amide bonds. The van der Waals surface area contributed by atoms with E-state index >= 15 is 0 Å². The van der Waals surface area contributed by atoms with Crippen LogP contribution in [0.25, 0.3) is 0 Å². The maximum absolute atomic E-state index is 11.8. The van der Waals surface area contributed by atoms with Crippen molar-refractivity contribution in [2.45, 2.75) is 52.7 Å². The number of aryl methyl sites for hydroxylation is 2. The van der Waals surface area contributed by atoms with Gasteiger partial charge in [0, 0.05) is 12.6 Å². The van der Waals surface area contributed by atoms with E-state index in [1.54, 1.807) is 0 Å². The molecule has 0 spiro atoms. The molecule has 29 heavy (non-hydrogen) atoms. The van der Waals surface area contributed by atoms with Crippen molar-refractivity contribution in [3.8, 4) is 5.75 Å². The van der Waals surface area contributed by atoms with Gasteiger partial charge in [-0.05, 0) is 51.3 Å². The summed E-state index contributed by atoms with van der Waals surface area (Å²) in [5.74, 6) is 2.71. The first-order valence-corrected chi connectivity index (χ1v) is 9.99. The average Bonchev–Trinajstić information content (AvgIpc) is 3.46. The number of carbonyl (C=O) groups excluding carboxylic acids is 1. The molecule has 3 rings (SSSR count). The molecule has 2 aromatic rings. The Hall–Kier alpha value is -3.03. The largest absolute Gasteiger partial charge is 0.484 e. The van der Waals surface area contributed by atoms with E-state index in [4.69, 9.17) is 9.15 Å². The number of amides is 1. The third kappa shape index (κ3) is 6.81. The lowest BCUT2D eigenvalue weighted by atomic mass is 10.2. The van der Waals surface area contributed by atoms with E-state index in [0.29, 0.717) is 36.7 Å². The van der Waals surface area contributed by atoms with Crippen molar-refractivity contribution in [2.24, 2.45) is 4.99 Å². The molecule has 3 N–H and O–H groups in total. The van der Waals surface area contributed by atoms with Crippen molar-refractivity contribution in [1.29, 1.82) is 0 Å². The molecule has 0 saturated heterocycles. The molecule has 0 bridgehead atoms. The van der Waals surface area contributed by atoms with Crippen LogP contribution in [0.3, 0.4) is 0 Å². The number of ether oxygens (including phenoxy) is 1. The van der Waals surface area contributed by atoms with Crippen LogP contribution in [0.5, 0.6) is 5.75 Å². The molecule has 8 heteroatoms. The summed E-state index contributed by atoms with van der Waals surface area (Å²) in [6.07, 6.45) is 2.13. The van der Waals surface area contributed by atoms with Crippen molar-refractivity contribution in [3.05, 3.63) is 47.2 Å². The summed E-state index contributed by atoms with van der Waals surface area (Å²) in [5, 5.41) is 9.34. The second kappa shape index (κ2) is 9.95. The zero-order valence-electron chi connectivity index (χ0n) is 17.2. The van der Waals surface area contributed by atoms with Crippen LogP contribution in [0.1, 0.15) is 42.7 Å². The van der Waals surface area contributed by atoms with Crippen molar-refractivity contribution < 1.29 is 13.9 Å². The van der Waals surface area contributed by atoms with Gasteiger partial charge in [-0.25, -0.2) is 9.98 Å². The number of aromatic nitrogens is 1. The first-order valence-electron chi connectivity index (χ1n) is 9.99. The van der Waals surface area contributed by atoms with Crippen LogP contribution in [0.4, 0.5) is 0 Å². The van der Waals surface area contributed by atoms with Crippen LogP contribution in [-0.2, 0) is 17.9 Å². The Labute approximate surface area is 171 Å². The normalized spacial score (nSPS) is 13.8. The summed E-state index contributed by atoms with van der Waals surface area (Å²) in [7, 11) is 0. The molecular weight excluding hydrogens is 370 g/mol. The molecule has 1 saturated carbocycles. The van der Waals surface area contributed by atoms with Crippen LogP contribution in [-0.4, -0.2) is 36.0 Å². The third-order valence-corrected chi connectivity index (χ3v) is 4.45. The fraction of sp³-hybridized carbons (Fsp3) is 0.476. The summed E-state index contributed by atoms with van der Waals surface area (Å²) in [5.41, 5.74) is 1.89. The molecular formula is C21H29N5O3. The monoisotopic (exact) mass is 399 g/mol. The van der Waals surface area contributed by atoms with Gasteiger partial charge in [0.25, 0.3) is 5.91 Å². The smallest absolute Gasteiger partial charge is 0.258 e. The number of carbonyl (C=O) groups is 1. The van der Waals surface area contributed by atoms with Gasteiger partial charge in [-0.15, -0.1) is 0 Å². The van der Waals surface area contributed by atoms with E-state index in [9.17, 15) is 4.79 Å². The van der Waals surface area contributed by atoms with E-state index in [-0.39, 0.29) is 12.5 Å². The lowest BCUT2D eigenvalue weighted by molar-refractivity contribution is -0.123. The topological polar surface area (TPSA) is 101 Å². The number of aliphatic imine (C=N–C) groups is 1. The van der Waals surface area contributed by atoms with Gasteiger partial charge in [0.15, 0.2) is 12.6 Å². The van der Waals surface area contributed by atoms with Crippen LogP contribution in [0, 0.1) is 13.8 Å². The lowest BCUT2D eigenvalue weighted by Crippen LogP contribution is -2.36. The highest BCUT2D eigenvalue weighted by Gasteiger charge is 2.23. The second-order valence-corrected chi connectivity index (χ2v) is 7.08. The lowest BCUT2D eigenvalue weighted by Gasteiger charge is -2.10. The molecule has 0 unspecified atom stereocenters. The molecule has 1 aromatic carbocycles. The van der Waals surface area contributed by atoms with Gasteiger partial charge in [-0.1, -0.05) is 12.1 Å². The van der Waals surface area contributed by atoms with E-state index < -0.39 is 0 Å². The van der Waals surface area contributed by atoms with Gasteiger partial charge >= 0.3 is 0 Å². The Morgan fingerprint density at radius 2 is 2.14 bits per heavy atom. The number of nitrogens with one attached hydrogen (secondary N) is 3. The van der Waals surface area contributed by atoms with E-state index in [1.165, 1.54) is 0 Å². The highest BCUT2D eigenvalue weighted by Crippen LogP contribution is 2.18. The molecule has 0 atom stereocenters. The number of hydrogen-bond acceptors (Lipinski definition) is 5. The number of oxazole rings is 1. The van der Waals surface area contributed by atoms with E-state index in [2.05, 4.69) is 25.9 Å². The Balaban J connectivity index is 1.52. The highest BCUT2D eigenvalue weighted by molar-refractivity contribution is 5.79. The fourth-order valence-electron chi connectivity index (χ4n) is 2.67. The molecule has 1 fully saturated rings.